The molecule has 3 aliphatic carbocycles. The number of hydrogen-bond acceptors (Lipinski definition) is 9. The summed E-state index contributed by atoms with van der Waals surface area (Å²) in [5.74, 6) is 3.78. The second kappa shape index (κ2) is 21.2. The first-order chi connectivity index (χ1) is 30.8. The number of ether oxygens (including phenoxy) is 3. The molecule has 0 saturated heterocycles. The standard InChI is InChI=1S/C53H75N3O8/c1-6-7-8-10-31(4)39-22-33(14-13-32(39)18-20-57)40-23-36-25-44(60)37(21-30(2)3)24-41(36)51-49(62-5)28-47-42(50(40)51)27-45(61)52(64-47)34-15-16-43(59)48(26-34)63-46-12-9-11-35(29-58)38(46)17-19-56-53(54)55/h13-16,24-26,28,30-33,35,38-40,45-46,52,57-61H,6-12,17-23,27,29H2,1-5H3,(H4,54,55,56)/t31-,32-,33+,35+,38+,39-,40+,45+,46-,52-/m0/s1. The van der Waals surface area contributed by atoms with Crippen molar-refractivity contribution in [2.24, 2.45) is 57.9 Å². The van der Waals surface area contributed by atoms with Gasteiger partial charge in [-0.25, -0.2) is 0 Å². The van der Waals surface area contributed by atoms with Gasteiger partial charge in [0.1, 0.15) is 29.5 Å². The van der Waals surface area contributed by atoms with Crippen molar-refractivity contribution in [3.63, 3.8) is 0 Å². The van der Waals surface area contributed by atoms with Gasteiger partial charge in [0.2, 0.25) is 0 Å². The molecular weight excluding hydrogens is 807 g/mol. The normalized spacial score (nSPS) is 26.6. The monoisotopic (exact) mass is 882 g/mol. The van der Waals surface area contributed by atoms with Crippen molar-refractivity contribution < 1.29 is 39.7 Å². The van der Waals surface area contributed by atoms with Gasteiger partial charge in [-0.2, -0.15) is 0 Å². The lowest BCUT2D eigenvalue weighted by Gasteiger charge is -2.43. The van der Waals surface area contributed by atoms with Crippen LogP contribution in [0, 0.1) is 41.4 Å². The summed E-state index contributed by atoms with van der Waals surface area (Å²) in [6.07, 6.45) is 14.3. The highest BCUT2D eigenvalue weighted by Crippen LogP contribution is 2.56. The minimum atomic E-state index is -0.913. The third kappa shape index (κ3) is 10.3. The van der Waals surface area contributed by atoms with E-state index in [0.29, 0.717) is 71.6 Å². The summed E-state index contributed by atoms with van der Waals surface area (Å²) in [5, 5.41) is 55.2. The second-order valence-corrected chi connectivity index (χ2v) is 19.8. The predicted octanol–water partition coefficient (Wildman–Crippen LogP) is 8.88. The lowest BCUT2D eigenvalue weighted by Crippen LogP contribution is -2.39. The molecule has 3 aromatic carbocycles. The Labute approximate surface area is 380 Å². The van der Waals surface area contributed by atoms with Gasteiger partial charge in [-0.15, -0.1) is 0 Å². The highest BCUT2D eigenvalue weighted by atomic mass is 16.5. The van der Waals surface area contributed by atoms with E-state index in [-0.39, 0.29) is 54.7 Å². The van der Waals surface area contributed by atoms with Crippen molar-refractivity contribution in [2.45, 2.75) is 135 Å². The Morgan fingerprint density at radius 3 is 2.48 bits per heavy atom. The lowest BCUT2D eigenvalue weighted by molar-refractivity contribution is 0.0169. The maximum Gasteiger partial charge on any atom is 0.185 e. The van der Waals surface area contributed by atoms with Crippen LogP contribution in [0.3, 0.4) is 0 Å². The van der Waals surface area contributed by atoms with Crippen molar-refractivity contribution in [1.29, 1.82) is 0 Å². The molecule has 7 rings (SSSR count). The number of aliphatic hydroxyl groups excluding tert-OH is 3. The molecule has 64 heavy (non-hydrogen) atoms. The van der Waals surface area contributed by atoms with Gasteiger partial charge >= 0.3 is 0 Å². The zero-order valence-corrected chi connectivity index (χ0v) is 38.8. The van der Waals surface area contributed by atoms with Crippen LogP contribution in [0.1, 0.15) is 132 Å². The molecule has 1 fully saturated rings. The van der Waals surface area contributed by atoms with Crippen LogP contribution in [0.15, 0.2) is 53.5 Å². The molecular formula is C53H75N3O8. The molecule has 3 aromatic rings. The number of allylic oxidation sites excluding steroid dienone is 2. The average Bonchev–Trinajstić information content (AvgIpc) is 3.27. The number of phenols is 2. The molecule has 1 aliphatic heterocycles. The lowest BCUT2D eigenvalue weighted by atomic mass is 9.63. The Hall–Kier alpha value is -4.45. The van der Waals surface area contributed by atoms with Crippen LogP contribution in [0.4, 0.5) is 0 Å². The smallest absolute Gasteiger partial charge is 0.185 e. The van der Waals surface area contributed by atoms with Gasteiger partial charge in [-0.1, -0.05) is 71.6 Å². The van der Waals surface area contributed by atoms with Crippen LogP contribution in [0.2, 0.25) is 0 Å². The average molecular weight is 882 g/mol. The van der Waals surface area contributed by atoms with Gasteiger partial charge < -0.3 is 51.2 Å². The van der Waals surface area contributed by atoms with Gasteiger partial charge in [0.05, 0.1) is 13.2 Å². The number of nitrogens with two attached hydrogens (primary N) is 2. The second-order valence-electron chi connectivity index (χ2n) is 19.8. The largest absolute Gasteiger partial charge is 0.508 e. The predicted molar refractivity (Wildman–Crippen MR) is 253 cm³/mol. The third-order valence-electron chi connectivity index (χ3n) is 15.1. The van der Waals surface area contributed by atoms with Crippen LogP contribution in [0.25, 0.3) is 11.1 Å². The number of methoxy groups -OCH3 is 1. The van der Waals surface area contributed by atoms with Crippen LogP contribution in [-0.2, 0) is 19.3 Å². The molecule has 0 aromatic heterocycles. The molecule has 0 unspecified atom stereocenters. The van der Waals surface area contributed by atoms with E-state index in [1.165, 1.54) is 19.3 Å². The SMILES string of the molecule is CCCCC[C@H](C)[C@@H]1C[C@H]([C@H]2Cc3cc(O)c(CC(C)C)cc3-c3c(OC)cc4c(c32)C[C@@H](O)[C@H](c2ccc(O)c(O[C@H]3CCC[C@H](CO)[C@H]3CCN=C(N)N)c2)O4)C=C[C@H]1CCO. The molecule has 0 spiro atoms. The Morgan fingerprint density at radius 1 is 0.953 bits per heavy atom. The van der Waals surface area contributed by atoms with Crippen LogP contribution in [0.5, 0.6) is 28.7 Å². The van der Waals surface area contributed by atoms with E-state index in [9.17, 15) is 25.5 Å². The van der Waals surface area contributed by atoms with Gasteiger partial charge in [0.15, 0.2) is 17.5 Å². The Morgan fingerprint density at radius 2 is 1.77 bits per heavy atom. The number of nitrogens with zero attached hydrogens (tertiary/aromatic N) is 1. The minimum Gasteiger partial charge on any atom is -0.508 e. The van der Waals surface area contributed by atoms with Crippen molar-refractivity contribution in [3.05, 3.63) is 76.4 Å². The van der Waals surface area contributed by atoms with Gasteiger partial charge in [0.25, 0.3) is 0 Å². The van der Waals surface area contributed by atoms with Gasteiger partial charge in [-0.05, 0) is 145 Å². The molecule has 1 heterocycles. The first kappa shape index (κ1) is 47.5. The van der Waals surface area contributed by atoms with E-state index in [1.807, 2.05) is 12.1 Å². The molecule has 350 valence electrons. The molecule has 10 atom stereocenters. The van der Waals surface area contributed by atoms with Crippen molar-refractivity contribution in [1.82, 2.24) is 0 Å². The number of aromatic hydroxyl groups is 2. The van der Waals surface area contributed by atoms with Gasteiger partial charge in [0, 0.05) is 49.3 Å². The number of fused-ring (bicyclic) bond motifs is 5. The molecule has 9 N–H and O–H groups in total. The highest BCUT2D eigenvalue weighted by Gasteiger charge is 2.43. The molecule has 1 saturated carbocycles. The fraction of sp³-hybridized carbons (Fsp3) is 0.604. The number of hydrogen-bond donors (Lipinski definition) is 7. The topological polar surface area (TPSA) is 193 Å². The maximum atomic E-state index is 12.2. The molecule has 0 bridgehead atoms. The fourth-order valence-electron chi connectivity index (χ4n) is 11.8. The van der Waals surface area contributed by atoms with Gasteiger partial charge in [-0.3, -0.25) is 4.99 Å². The maximum absolute atomic E-state index is 12.2. The highest BCUT2D eigenvalue weighted by molar-refractivity contribution is 5.84. The van der Waals surface area contributed by atoms with Crippen molar-refractivity contribution >= 4 is 5.96 Å². The van der Waals surface area contributed by atoms with E-state index in [4.69, 9.17) is 25.7 Å². The van der Waals surface area contributed by atoms with Crippen LogP contribution in [-0.4, -0.2) is 70.6 Å². The number of benzene rings is 3. The molecule has 11 nitrogen and oxygen atoms in total. The molecule has 11 heteroatoms. The van der Waals surface area contributed by atoms with E-state index in [0.717, 1.165) is 84.7 Å². The number of aliphatic imine (C=N–C) groups is 1. The number of phenolic OH excluding ortho intramolecular Hbond substituents is 2. The molecule has 4 aliphatic rings. The fourth-order valence-corrected chi connectivity index (χ4v) is 11.8. The zero-order valence-electron chi connectivity index (χ0n) is 38.8. The van der Waals surface area contributed by atoms with E-state index in [2.05, 4.69) is 50.9 Å². The first-order valence-electron chi connectivity index (χ1n) is 24.2. The third-order valence-corrected chi connectivity index (χ3v) is 15.1. The Kier molecular flexibility index (Phi) is 15.8. The molecule has 0 radical (unpaired) electrons. The Bertz CT molecular complexity index is 2120. The number of aliphatic hydroxyl groups is 3. The number of unbranched alkanes of at least 4 members (excludes halogenated alkanes) is 2. The summed E-state index contributed by atoms with van der Waals surface area (Å²) in [6.45, 7) is 9.57. The Balaban J connectivity index is 1.27. The van der Waals surface area contributed by atoms with Crippen LogP contribution < -0.4 is 25.7 Å². The summed E-state index contributed by atoms with van der Waals surface area (Å²) in [5.41, 5.74) is 18.1. The minimum absolute atomic E-state index is 0.0107. The summed E-state index contributed by atoms with van der Waals surface area (Å²) in [6, 6.07) is 11.3. The van der Waals surface area contributed by atoms with Crippen molar-refractivity contribution in [2.75, 3.05) is 26.9 Å². The first-order valence-corrected chi connectivity index (χ1v) is 24.2. The summed E-state index contributed by atoms with van der Waals surface area (Å²) in [7, 11) is 1.70. The quantitative estimate of drug-likeness (QED) is 0.0281. The summed E-state index contributed by atoms with van der Waals surface area (Å²) < 4.78 is 19.8. The van der Waals surface area contributed by atoms with E-state index < -0.39 is 12.2 Å². The van der Waals surface area contributed by atoms with E-state index >= 15 is 0 Å². The zero-order chi connectivity index (χ0) is 45.7. The van der Waals surface area contributed by atoms with Crippen molar-refractivity contribution in [3.8, 4) is 39.9 Å². The molecule has 0 amide bonds. The number of guanidine groups is 1. The van der Waals surface area contributed by atoms with Crippen LogP contribution >= 0.6 is 0 Å². The number of rotatable bonds is 18. The summed E-state index contributed by atoms with van der Waals surface area (Å²) >= 11 is 0. The van der Waals surface area contributed by atoms with E-state index in [1.54, 1.807) is 25.3 Å². The summed E-state index contributed by atoms with van der Waals surface area (Å²) in [4.78, 5) is 4.19.